The third-order valence-electron chi connectivity index (χ3n) is 22.0. The molecule has 0 aliphatic carbocycles. The molecule has 0 bridgehead atoms. The molecule has 0 unspecified atom stereocenters. The van der Waals surface area contributed by atoms with E-state index < -0.39 is 351 Å². The van der Waals surface area contributed by atoms with Crippen LogP contribution in [-0.4, -0.2) is 389 Å². The molecule has 57 heteroatoms. The SMILES string of the molecule is Cc1cccc(Nc2ncnc3cnc(NCCOC(=O)OCCSSC[C@H](NC(=O)[C@H](CCC(=O)NC[C@H](O)[C@@H](O)[C@H](O)[C@H](O)CO)CC(=O)[C@H](CCC(=O)O)NC(=O)[C@H](CCC(=O)NC[C@H](O)[C@@H](O)[C@H](O)[C@H](O)CO)CC(=O)[C@H](CCC(=O)O)NC(=O)[C@H](CCC(=O)NC[C@H](O)[C@@H](O)[C@H](O)[C@H](O)CO)CC(=O)CC[C@H](NC(=O)c4ccc(NCc5cnc6nc(N)[nH]c(=O)c6n5)cc4)C(=O)O)C(=O)O)cc23)c1. The van der Waals surface area contributed by atoms with Crippen LogP contribution in [0.4, 0.5) is 33.8 Å². The molecule has 144 heavy (non-hydrogen) atoms. The third kappa shape index (κ3) is 41.0. The first-order valence-electron chi connectivity index (χ1n) is 44.9. The number of Topliss-reactive ketones (excluding diaryl/α,β-unsaturated/α-hetero) is 3. The van der Waals surface area contributed by atoms with Crippen LogP contribution in [0.25, 0.3) is 22.1 Å². The van der Waals surface area contributed by atoms with Crippen molar-refractivity contribution in [3.63, 3.8) is 0 Å². The van der Waals surface area contributed by atoms with Gasteiger partial charge < -0.3 is 165 Å². The lowest BCUT2D eigenvalue weighted by molar-refractivity contribution is -0.142. The molecule has 0 spiro atoms. The lowest BCUT2D eigenvalue weighted by atomic mass is 9.89. The van der Waals surface area contributed by atoms with E-state index in [-0.39, 0.29) is 60.4 Å². The molecule has 2 aromatic carbocycles. The molecular formula is C87H120N18O37S2. The Morgan fingerprint density at radius 2 is 0.958 bits per heavy atom. The van der Waals surface area contributed by atoms with Gasteiger partial charge in [0.15, 0.2) is 22.7 Å². The molecule has 0 saturated heterocycles. The number of ether oxygens (including phenoxy) is 2. The number of carbonyl (C=O) groups excluding carboxylic acids is 11. The average Bonchev–Trinajstić information content (AvgIpc) is 0.810. The van der Waals surface area contributed by atoms with Gasteiger partial charge in [-0.15, -0.1) is 0 Å². The summed E-state index contributed by atoms with van der Waals surface area (Å²) >= 11 is 0. The third-order valence-corrected chi connectivity index (χ3v) is 24.4. The number of fused-ring (bicyclic) bond motifs is 2. The molecule has 32 N–H and O–H groups in total. The van der Waals surface area contributed by atoms with E-state index >= 15 is 4.79 Å². The quantitative estimate of drug-likeness (QED) is 0.00958. The van der Waals surface area contributed by atoms with Gasteiger partial charge in [0.2, 0.25) is 41.4 Å². The number of benzene rings is 2. The minimum Gasteiger partial charge on any atom is -0.481 e. The number of amides is 7. The number of carboxylic acids is 4. The first kappa shape index (κ1) is 120. The number of H-pyrrole nitrogens is 1. The fourth-order valence-electron chi connectivity index (χ4n) is 13.7. The van der Waals surface area contributed by atoms with Crippen molar-refractivity contribution in [1.29, 1.82) is 0 Å². The second-order valence-electron chi connectivity index (χ2n) is 33.1. The van der Waals surface area contributed by atoms with E-state index in [1.54, 1.807) is 6.07 Å². The van der Waals surface area contributed by atoms with E-state index in [1.165, 1.54) is 43.0 Å². The van der Waals surface area contributed by atoms with Crippen LogP contribution in [0.15, 0.2) is 78.1 Å². The van der Waals surface area contributed by atoms with Gasteiger partial charge in [-0.05, 0) is 93.5 Å². The number of rotatable bonds is 69. The molecule has 4 aromatic heterocycles. The second-order valence-corrected chi connectivity index (χ2v) is 35.7. The summed E-state index contributed by atoms with van der Waals surface area (Å²) in [7, 11) is 1.78. The highest BCUT2D eigenvalue weighted by Gasteiger charge is 2.39. The van der Waals surface area contributed by atoms with Crippen molar-refractivity contribution < 1.29 is 178 Å². The Bertz CT molecular complexity index is 5370. The largest absolute Gasteiger partial charge is 0.508 e. The number of carboxylic acid groups (broad SMARTS) is 4. The number of carbonyl (C=O) groups is 15. The fourth-order valence-corrected chi connectivity index (χ4v) is 15.7. The first-order chi connectivity index (χ1) is 68.3. The number of aliphatic hydroxyl groups excluding tert-OH is 15. The van der Waals surface area contributed by atoms with E-state index in [4.69, 9.17) is 15.2 Å². The van der Waals surface area contributed by atoms with Gasteiger partial charge in [0, 0.05) is 129 Å². The Hall–Kier alpha value is -13.1. The van der Waals surface area contributed by atoms with E-state index in [0.29, 0.717) is 28.2 Å². The Balaban J connectivity index is 1.22. The highest BCUT2D eigenvalue weighted by molar-refractivity contribution is 8.76. The normalized spacial score (nSPS) is 15.4. The number of aliphatic carboxylic acids is 4. The van der Waals surface area contributed by atoms with Gasteiger partial charge in [0.05, 0.1) is 86.9 Å². The molecule has 0 saturated carbocycles. The molecule has 6 aromatic rings. The topological polar surface area (TPSA) is 915 Å². The van der Waals surface area contributed by atoms with Crippen LogP contribution in [-0.2, 0) is 78.3 Å². The lowest BCUT2D eigenvalue weighted by Crippen LogP contribution is -2.50. The van der Waals surface area contributed by atoms with Crippen molar-refractivity contribution in [3.8, 4) is 0 Å². The molecule has 0 fully saturated rings. The smallest absolute Gasteiger partial charge is 0.481 e. The van der Waals surface area contributed by atoms with Crippen molar-refractivity contribution in [2.45, 2.75) is 207 Å². The Kier molecular flexibility index (Phi) is 50.8. The summed E-state index contributed by atoms with van der Waals surface area (Å²) in [4.78, 5) is 245. The number of nitrogens with zero attached hydrogens (tertiary/aromatic N) is 6. The summed E-state index contributed by atoms with van der Waals surface area (Å²) in [6, 6.07) is 6.86. The van der Waals surface area contributed by atoms with Gasteiger partial charge in [-0.2, -0.15) is 4.98 Å². The maximum absolute atomic E-state index is 15.0. The number of aryl methyl sites for hydroxylation is 1. The van der Waals surface area contributed by atoms with Crippen LogP contribution < -0.4 is 64.5 Å². The van der Waals surface area contributed by atoms with Gasteiger partial charge in [-0.3, -0.25) is 67.3 Å². The lowest BCUT2D eigenvalue weighted by Gasteiger charge is -2.26. The number of hydrogen-bond donors (Lipinski definition) is 31. The minimum atomic E-state index is -2.25. The molecule has 0 aliphatic rings. The molecule has 4 heterocycles. The van der Waals surface area contributed by atoms with Crippen molar-refractivity contribution in [1.82, 2.24) is 72.1 Å². The zero-order valence-corrected chi connectivity index (χ0v) is 79.0. The number of nitrogens with one attached hydrogen (secondary N) is 11. The van der Waals surface area contributed by atoms with Crippen LogP contribution in [0, 0.1) is 24.7 Å². The summed E-state index contributed by atoms with van der Waals surface area (Å²) in [5.41, 5.74) is 7.71. The molecule has 0 radical (unpaired) electrons. The monoisotopic (exact) mass is 2070 g/mol. The van der Waals surface area contributed by atoms with Gasteiger partial charge in [-0.1, -0.05) is 33.7 Å². The number of pyridine rings is 1. The Morgan fingerprint density at radius 1 is 0.479 bits per heavy atom. The predicted octanol–water partition coefficient (Wildman–Crippen LogP) is -7.10. The number of ketones is 3. The van der Waals surface area contributed by atoms with Crippen molar-refractivity contribution >= 4 is 161 Å². The number of aromatic amines is 1. The highest BCUT2D eigenvalue weighted by Crippen LogP contribution is 2.29. The number of hydrogen-bond acceptors (Lipinski definition) is 45. The standard InChI is InChI=1S/C87H120N18O37S2/c1-41-3-2-4-47(25-41)99-77-50-29-64(91-32-54(50)96-40-97-77)89-21-22-141-87(140)142-23-24-143-144-39-55(85(138)139)103-82(134)45(9-18-67(120)94-35-60(114)73(127)76(130)63(117)38-108)28-57(111)52(15-20-69(123)124)101-81(133)44(8-17-66(119)93-34-59(113)72(126)75(129)62(116)37-107)27-56(110)51(14-19-68(121)122)100-80(132)43(7-16-65(118)92-33-58(112)71(125)74(128)61(115)36-106)26-49(109)12-13-53(84(136)137)102-79(131)42-5-10-46(11-6-42)90-30-48-31-95-78-70(98-48)83(135)105-86(88)104-78/h2-6,10-11,25,29,31-32,40,43-45,51-53,55,58-63,71-76,90,106-108,112-117,125-130H,7-9,12-24,26-28,30,33-39H2,1H3,(H,89,91)(H,92,118)(H,93,119)(H,94,120)(H,100,132)(H,101,133)(H,102,131)(H,103,134)(H,121,122)(H,123,124)(H,136,137)(H,138,139)(H,96,97,99)(H3,88,95,104,105,135)/t43-,44-,45-,51+,52+,53+,55+,58+,59+,60+,61-,62-,63-,71-,72-,73-,74-,75-,76-/m1/s1. The molecule has 7 amide bonds. The van der Waals surface area contributed by atoms with Gasteiger partial charge in [0.25, 0.3) is 11.5 Å². The second kappa shape index (κ2) is 61.1. The molecule has 0 aliphatic heterocycles. The van der Waals surface area contributed by atoms with E-state index in [2.05, 4.69) is 88.1 Å². The summed E-state index contributed by atoms with van der Waals surface area (Å²) in [6.07, 6.45) is -35.7. The van der Waals surface area contributed by atoms with Crippen LogP contribution in [0.1, 0.15) is 118 Å². The Labute approximate surface area is 826 Å². The van der Waals surface area contributed by atoms with Crippen molar-refractivity contribution in [2.24, 2.45) is 17.8 Å². The number of aliphatic hydroxyl groups is 15. The fraction of sp³-hybridized carbons (Fsp3) is 0.540. The summed E-state index contributed by atoms with van der Waals surface area (Å²) in [5.74, 6) is -23.9. The predicted molar refractivity (Wildman–Crippen MR) is 503 cm³/mol. The van der Waals surface area contributed by atoms with Crippen molar-refractivity contribution in [3.05, 3.63) is 100 Å². The van der Waals surface area contributed by atoms with Crippen LogP contribution in [0.3, 0.4) is 0 Å². The highest BCUT2D eigenvalue weighted by atomic mass is 33.1. The summed E-state index contributed by atoms with van der Waals surface area (Å²) in [5, 5.41) is 217. The van der Waals surface area contributed by atoms with E-state index in [9.17, 15) is 169 Å². The zero-order valence-electron chi connectivity index (χ0n) is 77.4. The van der Waals surface area contributed by atoms with Gasteiger partial charge >= 0.3 is 30.0 Å². The number of aromatic nitrogens is 7. The van der Waals surface area contributed by atoms with E-state index in [1.807, 2.05) is 31.2 Å². The minimum absolute atomic E-state index is 0.000117. The van der Waals surface area contributed by atoms with Crippen LogP contribution >= 0.6 is 21.6 Å². The maximum Gasteiger partial charge on any atom is 0.508 e. The molecule has 6 rings (SSSR count). The molecule has 19 atom stereocenters. The summed E-state index contributed by atoms with van der Waals surface area (Å²) < 4.78 is 10.3. The zero-order chi connectivity index (χ0) is 107. The summed E-state index contributed by atoms with van der Waals surface area (Å²) in [6.45, 7) is -4.49. The first-order valence-corrected chi connectivity index (χ1v) is 47.3. The van der Waals surface area contributed by atoms with Crippen LogP contribution in [0.2, 0.25) is 0 Å². The van der Waals surface area contributed by atoms with Gasteiger partial charge in [0.1, 0.15) is 104 Å². The average molecular weight is 2070 g/mol. The number of nitrogen functional groups attached to an aromatic ring is 1. The maximum atomic E-state index is 15.0. The number of anilines is 5. The molecule has 55 nitrogen and oxygen atoms in total. The van der Waals surface area contributed by atoms with Crippen molar-refractivity contribution in [2.75, 3.05) is 92.4 Å². The molecule has 792 valence electrons. The number of nitrogens with two attached hydrogens (primary N) is 1. The van der Waals surface area contributed by atoms with Crippen LogP contribution in [0.5, 0.6) is 0 Å². The van der Waals surface area contributed by atoms with E-state index in [0.717, 1.165) is 32.8 Å². The van der Waals surface area contributed by atoms with Gasteiger partial charge in [-0.25, -0.2) is 39.3 Å². The molecular weight excluding hydrogens is 1950 g/mol. The Morgan fingerprint density at radius 3 is 1.44 bits per heavy atom.